The fraction of sp³-hybridized carbons (Fsp3) is 0.444. The van der Waals surface area contributed by atoms with Gasteiger partial charge in [-0.25, -0.2) is 4.99 Å². The lowest BCUT2D eigenvalue weighted by atomic mass is 10.2. The molecule has 6 nitrogen and oxygen atoms in total. The minimum absolute atomic E-state index is 0.0238. The molecule has 1 aromatic heterocycles. The third-order valence-corrected chi connectivity index (χ3v) is 4.98. The van der Waals surface area contributed by atoms with Crippen LogP contribution in [0.1, 0.15) is 37.8 Å². The third kappa shape index (κ3) is 3.44. The molecule has 1 unspecified atom stereocenters. The van der Waals surface area contributed by atoms with Gasteiger partial charge in [0.1, 0.15) is 12.3 Å². The van der Waals surface area contributed by atoms with Gasteiger partial charge in [0.15, 0.2) is 0 Å². The van der Waals surface area contributed by atoms with Crippen LogP contribution in [0.4, 0.5) is 5.69 Å². The van der Waals surface area contributed by atoms with Gasteiger partial charge >= 0.3 is 5.97 Å². The van der Waals surface area contributed by atoms with Crippen LogP contribution in [0.5, 0.6) is 0 Å². The molecule has 0 radical (unpaired) electrons. The quantitative estimate of drug-likeness (QED) is 0.756. The van der Waals surface area contributed by atoms with E-state index in [1.165, 1.54) is 25.7 Å². The van der Waals surface area contributed by atoms with E-state index in [-0.39, 0.29) is 12.5 Å². The Kier molecular flexibility index (Phi) is 4.29. The number of hydrogen-bond donors (Lipinski definition) is 3. The number of nitrogens with one attached hydrogen (secondary N) is 2. The van der Waals surface area contributed by atoms with Crippen molar-refractivity contribution in [2.75, 3.05) is 11.9 Å². The second-order valence-corrected chi connectivity index (χ2v) is 7.16. The summed E-state index contributed by atoms with van der Waals surface area (Å²) in [4.78, 5) is 18.6. The molecule has 2 aliphatic rings. The van der Waals surface area contributed by atoms with Gasteiger partial charge in [0.2, 0.25) is 5.90 Å². The number of fused-ring (bicyclic) bond motifs is 1. The molecule has 1 aromatic carbocycles. The van der Waals surface area contributed by atoms with E-state index in [4.69, 9.17) is 21.4 Å². The number of aromatic amines is 1. The summed E-state index contributed by atoms with van der Waals surface area (Å²) < 4.78 is 5.59. The largest absolute Gasteiger partial charge is 0.481 e. The van der Waals surface area contributed by atoms with Gasteiger partial charge in [-0.3, -0.25) is 4.79 Å². The van der Waals surface area contributed by atoms with E-state index in [2.05, 4.69) is 15.3 Å². The zero-order chi connectivity index (χ0) is 17.4. The fourth-order valence-electron chi connectivity index (χ4n) is 3.60. The lowest BCUT2D eigenvalue weighted by Gasteiger charge is -2.14. The second kappa shape index (κ2) is 6.59. The van der Waals surface area contributed by atoms with Gasteiger partial charge in [-0.15, -0.1) is 0 Å². The number of hydrogen-bond acceptors (Lipinski definition) is 4. The van der Waals surface area contributed by atoms with Gasteiger partial charge in [0, 0.05) is 16.5 Å². The average Bonchev–Trinajstić information content (AvgIpc) is 3.26. The van der Waals surface area contributed by atoms with Crippen molar-refractivity contribution < 1.29 is 14.6 Å². The first-order valence-electron chi connectivity index (χ1n) is 8.60. The number of H-pyrrole nitrogens is 1. The zero-order valence-electron chi connectivity index (χ0n) is 13.7. The minimum Gasteiger partial charge on any atom is -0.481 e. The van der Waals surface area contributed by atoms with Crippen molar-refractivity contribution >= 4 is 40.1 Å². The van der Waals surface area contributed by atoms with E-state index in [1.54, 1.807) is 0 Å². The number of aliphatic imine (C=N–C) groups is 1. The van der Waals surface area contributed by atoms with Gasteiger partial charge in [-0.05, 0) is 31.0 Å². The van der Waals surface area contributed by atoms with Crippen LogP contribution in [0.25, 0.3) is 10.9 Å². The smallest absolute Gasteiger partial charge is 0.305 e. The molecule has 1 aliphatic heterocycles. The molecule has 2 heterocycles. The third-order valence-electron chi connectivity index (χ3n) is 4.76. The normalized spacial score (nSPS) is 20.7. The summed E-state index contributed by atoms with van der Waals surface area (Å²) in [6.45, 7) is 0.297. The van der Waals surface area contributed by atoms with Crippen molar-refractivity contribution in [1.29, 1.82) is 0 Å². The summed E-state index contributed by atoms with van der Waals surface area (Å²) in [5, 5.41) is 14.1. The highest BCUT2D eigenvalue weighted by Crippen LogP contribution is 2.32. The van der Waals surface area contributed by atoms with Crippen LogP contribution in [0.3, 0.4) is 0 Å². The number of benzene rings is 1. The predicted molar refractivity (Wildman–Crippen MR) is 97.7 cm³/mol. The van der Waals surface area contributed by atoms with Crippen molar-refractivity contribution in [2.24, 2.45) is 4.99 Å². The summed E-state index contributed by atoms with van der Waals surface area (Å²) >= 11 is 6.28. The first-order chi connectivity index (χ1) is 12.1. The molecule has 2 aromatic rings. The van der Waals surface area contributed by atoms with E-state index < -0.39 is 5.97 Å². The van der Waals surface area contributed by atoms with Crippen LogP contribution in [0, 0.1) is 0 Å². The molecular weight excluding hydrogens is 342 g/mol. The summed E-state index contributed by atoms with van der Waals surface area (Å²) in [5.74, 6) is -0.407. The van der Waals surface area contributed by atoms with Crippen LogP contribution in [-0.2, 0) is 9.53 Å². The zero-order valence-corrected chi connectivity index (χ0v) is 14.5. The molecule has 7 heteroatoms. The van der Waals surface area contributed by atoms with Gasteiger partial charge in [0.05, 0.1) is 23.7 Å². The average molecular weight is 362 g/mol. The Morgan fingerprint density at radius 1 is 1.36 bits per heavy atom. The number of halogens is 1. The number of aromatic nitrogens is 1. The standard InChI is InChI=1S/C18H20ClN3O3/c19-11-5-10-6-15(18-21-13(9-25-18)8-16(23)24)22-17(10)14(7-11)20-12-3-1-2-4-12/h5-7,12-13,20,22H,1-4,8-9H2,(H,23,24). The van der Waals surface area contributed by atoms with E-state index in [0.29, 0.717) is 23.6 Å². The topological polar surface area (TPSA) is 86.7 Å². The van der Waals surface area contributed by atoms with Gasteiger partial charge in [-0.1, -0.05) is 24.4 Å². The molecule has 0 saturated heterocycles. The van der Waals surface area contributed by atoms with Crippen LogP contribution < -0.4 is 5.32 Å². The van der Waals surface area contributed by atoms with E-state index in [9.17, 15) is 4.79 Å². The maximum absolute atomic E-state index is 10.8. The minimum atomic E-state index is -0.870. The van der Waals surface area contributed by atoms with Crippen molar-refractivity contribution in [2.45, 2.75) is 44.2 Å². The summed E-state index contributed by atoms with van der Waals surface area (Å²) in [6, 6.07) is 5.93. The monoisotopic (exact) mass is 361 g/mol. The molecule has 4 rings (SSSR count). The Morgan fingerprint density at radius 2 is 2.16 bits per heavy atom. The van der Waals surface area contributed by atoms with Crippen LogP contribution in [0.2, 0.25) is 5.02 Å². The first kappa shape index (κ1) is 16.3. The number of nitrogens with zero attached hydrogens (tertiary/aromatic N) is 1. The maximum atomic E-state index is 10.8. The summed E-state index contributed by atoms with van der Waals surface area (Å²) in [5.41, 5.74) is 2.71. The molecule has 0 amide bonds. The second-order valence-electron chi connectivity index (χ2n) is 6.72. The van der Waals surface area contributed by atoms with E-state index in [1.807, 2.05) is 18.2 Å². The number of anilines is 1. The Bertz CT molecular complexity index is 839. The summed E-state index contributed by atoms with van der Waals surface area (Å²) in [7, 11) is 0. The van der Waals surface area contributed by atoms with Crippen molar-refractivity contribution in [3.63, 3.8) is 0 Å². The first-order valence-corrected chi connectivity index (χ1v) is 8.98. The molecule has 0 spiro atoms. The molecule has 25 heavy (non-hydrogen) atoms. The molecule has 3 N–H and O–H groups in total. The van der Waals surface area contributed by atoms with Gasteiger partial charge in [-0.2, -0.15) is 0 Å². The van der Waals surface area contributed by atoms with E-state index in [0.717, 1.165) is 22.3 Å². The van der Waals surface area contributed by atoms with Crippen LogP contribution in [0.15, 0.2) is 23.2 Å². The Balaban J connectivity index is 1.64. The van der Waals surface area contributed by atoms with Gasteiger partial charge < -0.3 is 20.1 Å². The van der Waals surface area contributed by atoms with Crippen LogP contribution >= 0.6 is 11.6 Å². The van der Waals surface area contributed by atoms with Crippen molar-refractivity contribution in [3.8, 4) is 0 Å². The highest BCUT2D eigenvalue weighted by atomic mass is 35.5. The molecule has 1 atom stereocenters. The Morgan fingerprint density at radius 3 is 2.92 bits per heavy atom. The highest BCUT2D eigenvalue weighted by molar-refractivity contribution is 6.32. The van der Waals surface area contributed by atoms with Crippen LogP contribution in [-0.4, -0.2) is 40.6 Å². The SMILES string of the molecule is O=C(O)CC1COC(c2cc3cc(Cl)cc(NC4CCCC4)c3[nH]2)=N1. The number of carboxylic acid groups (broad SMARTS) is 1. The Hall–Kier alpha value is -2.21. The molecule has 132 valence electrons. The number of aliphatic carboxylic acids is 1. The molecular formula is C18H20ClN3O3. The van der Waals surface area contributed by atoms with Gasteiger partial charge in [0.25, 0.3) is 0 Å². The maximum Gasteiger partial charge on any atom is 0.305 e. The number of rotatable bonds is 5. The lowest BCUT2D eigenvalue weighted by molar-refractivity contribution is -0.137. The number of carboxylic acids is 1. The summed E-state index contributed by atoms with van der Waals surface area (Å²) in [6.07, 6.45) is 4.84. The van der Waals surface area contributed by atoms with Crippen molar-refractivity contribution in [1.82, 2.24) is 4.98 Å². The molecule has 1 fully saturated rings. The highest BCUT2D eigenvalue weighted by Gasteiger charge is 2.24. The Labute approximate surface area is 150 Å². The van der Waals surface area contributed by atoms with E-state index >= 15 is 0 Å². The fourth-order valence-corrected chi connectivity index (χ4v) is 3.82. The number of carbonyl (C=O) groups is 1. The van der Waals surface area contributed by atoms with Crippen molar-refractivity contribution in [3.05, 3.63) is 28.9 Å². The molecule has 0 bridgehead atoms. The molecule has 1 aliphatic carbocycles. The predicted octanol–water partition coefficient (Wildman–Crippen LogP) is 3.80. The lowest BCUT2D eigenvalue weighted by Crippen LogP contribution is -2.14. The molecule has 1 saturated carbocycles. The number of ether oxygens (including phenoxy) is 1.